The topological polar surface area (TPSA) is 53.4 Å². The lowest BCUT2D eigenvalue weighted by molar-refractivity contribution is 0.0950. The molecule has 0 radical (unpaired) electrons. The molecule has 0 saturated carbocycles. The molecule has 1 amide bonds. The zero-order chi connectivity index (χ0) is 22.0. The van der Waals surface area contributed by atoms with E-state index in [2.05, 4.69) is 31.7 Å². The van der Waals surface area contributed by atoms with Crippen LogP contribution in [-0.2, 0) is 6.54 Å². The number of aryl methyl sites for hydroxylation is 1. The Bertz CT molecular complexity index is 1070. The molecule has 0 aliphatic carbocycles. The van der Waals surface area contributed by atoms with Gasteiger partial charge >= 0.3 is 0 Å². The third-order valence-corrected chi connectivity index (χ3v) is 6.12. The van der Waals surface area contributed by atoms with Gasteiger partial charge in [0.1, 0.15) is 5.82 Å². The normalized spacial score (nSPS) is 14.6. The quantitative estimate of drug-likeness (QED) is 0.659. The van der Waals surface area contributed by atoms with E-state index < -0.39 is 0 Å². The number of halogens is 1. The van der Waals surface area contributed by atoms with E-state index in [-0.39, 0.29) is 5.91 Å². The molecular weight excluding hydrogens is 410 g/mol. The van der Waals surface area contributed by atoms with Crippen molar-refractivity contribution in [2.24, 2.45) is 0 Å². The van der Waals surface area contributed by atoms with Gasteiger partial charge in [-0.05, 0) is 57.3 Å². The van der Waals surface area contributed by atoms with Crippen LogP contribution < -0.4 is 10.2 Å². The lowest BCUT2D eigenvalue weighted by Gasteiger charge is -2.34. The van der Waals surface area contributed by atoms with Crippen LogP contribution >= 0.6 is 11.6 Å². The van der Waals surface area contributed by atoms with E-state index >= 15 is 0 Å². The maximum atomic E-state index is 13.0. The Labute approximate surface area is 188 Å². The largest absolute Gasteiger partial charge is 0.354 e. The maximum Gasteiger partial charge on any atom is 0.253 e. The number of carbonyl (C=O) groups excluding carboxylic acids is 1. The molecule has 0 bridgehead atoms. The Kier molecular flexibility index (Phi) is 6.30. The fourth-order valence-electron chi connectivity index (χ4n) is 4.12. The number of likely N-dealkylation sites (N-methyl/N-ethyl adjacent to an activating group) is 1. The van der Waals surface area contributed by atoms with Gasteiger partial charge in [0, 0.05) is 66.6 Å². The molecule has 31 heavy (non-hydrogen) atoms. The molecule has 1 N–H and O–H groups in total. The summed E-state index contributed by atoms with van der Waals surface area (Å²) in [6.45, 7) is 8.33. The second kappa shape index (κ2) is 9.12. The highest BCUT2D eigenvalue weighted by Crippen LogP contribution is 2.23. The number of pyridine rings is 1. The minimum Gasteiger partial charge on any atom is -0.354 e. The van der Waals surface area contributed by atoms with Crippen molar-refractivity contribution in [3.8, 4) is 5.69 Å². The third-order valence-electron chi connectivity index (χ3n) is 5.87. The van der Waals surface area contributed by atoms with Crippen molar-refractivity contribution in [1.82, 2.24) is 19.8 Å². The SMILES string of the molecule is Cc1cc(C(=O)NCc2cccnc2N2CCN(C)CC2)c(C)n1-c1ccc(Cl)cc1. The number of nitrogens with zero attached hydrogens (tertiary/aromatic N) is 4. The summed E-state index contributed by atoms with van der Waals surface area (Å²) in [5.74, 6) is 0.879. The number of hydrogen-bond acceptors (Lipinski definition) is 4. The molecule has 0 atom stereocenters. The first-order valence-corrected chi connectivity index (χ1v) is 10.9. The third kappa shape index (κ3) is 4.60. The molecule has 1 aliphatic heterocycles. The summed E-state index contributed by atoms with van der Waals surface area (Å²) in [6, 6.07) is 13.5. The van der Waals surface area contributed by atoms with Gasteiger partial charge in [-0.3, -0.25) is 4.79 Å². The van der Waals surface area contributed by atoms with Gasteiger partial charge in [-0.2, -0.15) is 0 Å². The number of carbonyl (C=O) groups is 1. The lowest BCUT2D eigenvalue weighted by Crippen LogP contribution is -2.45. The molecule has 1 aliphatic rings. The molecule has 1 fully saturated rings. The van der Waals surface area contributed by atoms with Gasteiger partial charge in [0.05, 0.1) is 5.56 Å². The van der Waals surface area contributed by atoms with Crippen LogP contribution in [0.5, 0.6) is 0 Å². The second-order valence-corrected chi connectivity index (χ2v) is 8.49. The number of hydrogen-bond donors (Lipinski definition) is 1. The van der Waals surface area contributed by atoms with E-state index in [0.717, 1.165) is 54.6 Å². The van der Waals surface area contributed by atoms with Gasteiger partial charge in [-0.15, -0.1) is 0 Å². The molecule has 3 heterocycles. The zero-order valence-corrected chi connectivity index (χ0v) is 19.0. The van der Waals surface area contributed by atoms with Gasteiger partial charge in [0.2, 0.25) is 0 Å². The summed E-state index contributed by atoms with van der Waals surface area (Å²) in [5, 5.41) is 3.79. The first-order chi connectivity index (χ1) is 14.9. The molecule has 6 nitrogen and oxygen atoms in total. The number of amides is 1. The van der Waals surface area contributed by atoms with Crippen molar-refractivity contribution in [2.75, 3.05) is 38.1 Å². The first-order valence-electron chi connectivity index (χ1n) is 10.5. The first kappa shape index (κ1) is 21.4. The number of anilines is 1. The molecule has 1 aromatic carbocycles. The highest BCUT2D eigenvalue weighted by atomic mass is 35.5. The highest BCUT2D eigenvalue weighted by Gasteiger charge is 2.20. The average Bonchev–Trinajstić information content (AvgIpc) is 3.07. The Morgan fingerprint density at radius 1 is 1.10 bits per heavy atom. The Morgan fingerprint density at radius 3 is 2.52 bits per heavy atom. The summed E-state index contributed by atoms with van der Waals surface area (Å²) in [6.07, 6.45) is 1.82. The van der Waals surface area contributed by atoms with Crippen molar-refractivity contribution in [1.29, 1.82) is 0 Å². The van der Waals surface area contributed by atoms with Gasteiger partial charge in [-0.1, -0.05) is 17.7 Å². The molecule has 7 heteroatoms. The Hall–Kier alpha value is -2.83. The van der Waals surface area contributed by atoms with E-state index in [1.165, 1.54) is 0 Å². The predicted molar refractivity (Wildman–Crippen MR) is 125 cm³/mol. The van der Waals surface area contributed by atoms with Crippen LogP contribution in [0.2, 0.25) is 5.02 Å². The summed E-state index contributed by atoms with van der Waals surface area (Å²) in [7, 11) is 2.14. The molecule has 0 unspecified atom stereocenters. The summed E-state index contributed by atoms with van der Waals surface area (Å²) < 4.78 is 2.07. The smallest absolute Gasteiger partial charge is 0.253 e. The minimum absolute atomic E-state index is 0.0819. The van der Waals surface area contributed by atoms with Crippen LogP contribution in [-0.4, -0.2) is 53.6 Å². The summed E-state index contributed by atoms with van der Waals surface area (Å²) in [4.78, 5) is 22.3. The molecule has 4 rings (SSSR count). The van der Waals surface area contributed by atoms with Crippen molar-refractivity contribution in [3.63, 3.8) is 0 Å². The number of benzene rings is 1. The Balaban J connectivity index is 1.50. The molecule has 0 spiro atoms. The van der Waals surface area contributed by atoms with Gasteiger partial charge < -0.3 is 19.7 Å². The van der Waals surface area contributed by atoms with Crippen LogP contribution in [0.25, 0.3) is 5.69 Å². The summed E-state index contributed by atoms with van der Waals surface area (Å²) >= 11 is 6.03. The monoisotopic (exact) mass is 437 g/mol. The second-order valence-electron chi connectivity index (χ2n) is 8.06. The van der Waals surface area contributed by atoms with Crippen molar-refractivity contribution in [2.45, 2.75) is 20.4 Å². The van der Waals surface area contributed by atoms with E-state index in [0.29, 0.717) is 17.1 Å². The van der Waals surface area contributed by atoms with Crippen LogP contribution in [0.15, 0.2) is 48.7 Å². The number of rotatable bonds is 5. The standard InChI is InChI=1S/C24H28ClN5O/c1-17-15-22(18(2)30(17)21-8-6-20(25)7-9-21)24(31)27-16-19-5-4-10-26-23(19)29-13-11-28(3)12-14-29/h4-10,15H,11-14,16H2,1-3H3,(H,27,31). The fourth-order valence-corrected chi connectivity index (χ4v) is 4.25. The van der Waals surface area contributed by atoms with Crippen LogP contribution in [0.3, 0.4) is 0 Å². The maximum absolute atomic E-state index is 13.0. The van der Waals surface area contributed by atoms with Gasteiger partial charge in [0.25, 0.3) is 5.91 Å². The molecule has 3 aromatic rings. The van der Waals surface area contributed by atoms with E-state index in [1.54, 1.807) is 0 Å². The van der Waals surface area contributed by atoms with Crippen LogP contribution in [0, 0.1) is 13.8 Å². The highest BCUT2D eigenvalue weighted by molar-refractivity contribution is 6.30. The number of piperazine rings is 1. The van der Waals surface area contributed by atoms with Crippen molar-refractivity contribution < 1.29 is 4.79 Å². The van der Waals surface area contributed by atoms with Gasteiger partial charge in [-0.25, -0.2) is 4.98 Å². The molecule has 2 aromatic heterocycles. The average molecular weight is 438 g/mol. The Morgan fingerprint density at radius 2 is 1.81 bits per heavy atom. The molecule has 162 valence electrons. The van der Waals surface area contributed by atoms with Gasteiger partial charge in [0.15, 0.2) is 0 Å². The van der Waals surface area contributed by atoms with Crippen molar-refractivity contribution in [3.05, 3.63) is 76.2 Å². The van der Waals surface area contributed by atoms with E-state index in [4.69, 9.17) is 11.6 Å². The van der Waals surface area contributed by atoms with E-state index in [1.807, 2.05) is 62.5 Å². The van der Waals surface area contributed by atoms with Crippen LogP contribution in [0.4, 0.5) is 5.82 Å². The lowest BCUT2D eigenvalue weighted by atomic mass is 10.2. The number of aromatic nitrogens is 2. The predicted octanol–water partition coefficient (Wildman–Crippen LogP) is 3.82. The van der Waals surface area contributed by atoms with Crippen molar-refractivity contribution >= 4 is 23.3 Å². The molecular formula is C24H28ClN5O. The summed E-state index contributed by atoms with van der Waals surface area (Å²) in [5.41, 5.74) is 4.61. The van der Waals surface area contributed by atoms with E-state index in [9.17, 15) is 4.79 Å². The zero-order valence-electron chi connectivity index (χ0n) is 18.2. The minimum atomic E-state index is -0.0819. The molecule has 1 saturated heterocycles. The number of nitrogens with one attached hydrogen (secondary N) is 1. The fraction of sp³-hybridized carbons (Fsp3) is 0.333. The van der Waals surface area contributed by atoms with Crippen LogP contribution in [0.1, 0.15) is 27.3 Å².